The van der Waals surface area contributed by atoms with Crippen LogP contribution in [0.25, 0.3) is 0 Å². The number of hydrogen-bond acceptors (Lipinski definition) is 5. The lowest BCUT2D eigenvalue weighted by Gasteiger charge is -2.10. The van der Waals surface area contributed by atoms with Gasteiger partial charge in [-0.2, -0.15) is 0 Å². The maximum atomic E-state index is 11.5. The Hall–Kier alpha value is -1.63. The molecule has 0 aliphatic carbocycles. The number of aromatic nitrogens is 3. The number of nitrogens with zero attached hydrogens (tertiary/aromatic N) is 3. The second-order valence-corrected chi connectivity index (χ2v) is 3.74. The Morgan fingerprint density at radius 3 is 3.25 bits per heavy atom. The maximum Gasteiger partial charge on any atom is 0.241 e. The van der Waals surface area contributed by atoms with Crippen molar-refractivity contribution in [2.75, 3.05) is 18.9 Å². The van der Waals surface area contributed by atoms with E-state index in [1.54, 1.807) is 0 Å². The van der Waals surface area contributed by atoms with Gasteiger partial charge in [0.2, 0.25) is 11.9 Å². The molecular formula is C9H15N5O2. The molecule has 7 nitrogen and oxygen atoms in total. The van der Waals surface area contributed by atoms with E-state index in [-0.39, 0.29) is 24.5 Å². The van der Waals surface area contributed by atoms with Crippen LogP contribution in [-0.2, 0) is 16.1 Å². The molecule has 1 aromatic rings. The zero-order chi connectivity index (χ0) is 11.4. The van der Waals surface area contributed by atoms with E-state index < -0.39 is 0 Å². The first-order chi connectivity index (χ1) is 7.74. The molecule has 7 heteroatoms. The van der Waals surface area contributed by atoms with Crippen LogP contribution in [0.1, 0.15) is 12.8 Å². The molecule has 1 amide bonds. The molecule has 2 heterocycles. The average molecular weight is 225 g/mol. The predicted molar refractivity (Wildman–Crippen MR) is 56.4 cm³/mol. The van der Waals surface area contributed by atoms with E-state index in [1.165, 1.54) is 11.0 Å². The third kappa shape index (κ3) is 2.93. The van der Waals surface area contributed by atoms with E-state index in [4.69, 9.17) is 10.5 Å². The van der Waals surface area contributed by atoms with Gasteiger partial charge in [0.1, 0.15) is 12.9 Å². The summed E-state index contributed by atoms with van der Waals surface area (Å²) in [6.45, 7) is 1.49. The van der Waals surface area contributed by atoms with Gasteiger partial charge in [-0.3, -0.25) is 4.79 Å². The van der Waals surface area contributed by atoms with Gasteiger partial charge < -0.3 is 15.8 Å². The van der Waals surface area contributed by atoms with Crippen LogP contribution in [0.3, 0.4) is 0 Å². The van der Waals surface area contributed by atoms with E-state index in [2.05, 4.69) is 15.4 Å². The van der Waals surface area contributed by atoms with Gasteiger partial charge in [0.25, 0.3) is 0 Å². The Labute approximate surface area is 93.0 Å². The summed E-state index contributed by atoms with van der Waals surface area (Å²) >= 11 is 0. The molecule has 1 saturated heterocycles. The molecule has 0 aromatic carbocycles. The lowest BCUT2D eigenvalue weighted by atomic mass is 10.2. The molecule has 1 aromatic heterocycles. The molecule has 1 fully saturated rings. The monoisotopic (exact) mass is 225 g/mol. The summed E-state index contributed by atoms with van der Waals surface area (Å²) in [7, 11) is 0. The van der Waals surface area contributed by atoms with Crippen LogP contribution in [0.4, 0.5) is 5.95 Å². The molecule has 2 rings (SSSR count). The SMILES string of the molecule is Nc1ncn(CC(=O)NCC2CCCO2)n1. The number of ether oxygens (including phenoxy) is 1. The van der Waals surface area contributed by atoms with Crippen LogP contribution in [0.5, 0.6) is 0 Å². The molecule has 0 radical (unpaired) electrons. The molecular weight excluding hydrogens is 210 g/mol. The molecule has 0 spiro atoms. The second-order valence-electron chi connectivity index (χ2n) is 3.74. The van der Waals surface area contributed by atoms with Crippen LogP contribution >= 0.6 is 0 Å². The summed E-state index contributed by atoms with van der Waals surface area (Å²) in [6.07, 6.45) is 3.67. The lowest BCUT2D eigenvalue weighted by molar-refractivity contribution is -0.122. The van der Waals surface area contributed by atoms with Crippen molar-refractivity contribution in [1.29, 1.82) is 0 Å². The van der Waals surface area contributed by atoms with Crippen molar-refractivity contribution in [2.45, 2.75) is 25.5 Å². The Kier molecular flexibility index (Phi) is 3.35. The number of hydrogen-bond donors (Lipinski definition) is 2. The molecule has 88 valence electrons. The number of rotatable bonds is 4. The minimum atomic E-state index is -0.111. The number of carbonyl (C=O) groups excluding carboxylic acids is 1. The Bertz CT molecular complexity index is 359. The Balaban J connectivity index is 1.71. The molecule has 0 saturated carbocycles. The molecule has 1 aliphatic rings. The Morgan fingerprint density at radius 1 is 1.75 bits per heavy atom. The quantitative estimate of drug-likeness (QED) is 0.696. The van der Waals surface area contributed by atoms with E-state index in [0.29, 0.717) is 6.54 Å². The Morgan fingerprint density at radius 2 is 2.62 bits per heavy atom. The topological polar surface area (TPSA) is 95.1 Å². The fourth-order valence-electron chi connectivity index (χ4n) is 1.62. The van der Waals surface area contributed by atoms with Gasteiger partial charge in [-0.15, -0.1) is 5.10 Å². The van der Waals surface area contributed by atoms with Crippen LogP contribution < -0.4 is 11.1 Å². The summed E-state index contributed by atoms with van der Waals surface area (Å²) in [6, 6.07) is 0. The number of nitrogen functional groups attached to an aromatic ring is 1. The summed E-state index contributed by atoms with van der Waals surface area (Å²) in [5, 5.41) is 6.61. The fourth-order valence-corrected chi connectivity index (χ4v) is 1.62. The van der Waals surface area contributed by atoms with E-state index in [1.807, 2.05) is 0 Å². The first kappa shape index (κ1) is 10.9. The maximum absolute atomic E-state index is 11.5. The summed E-state index contributed by atoms with van der Waals surface area (Å²) < 4.78 is 6.79. The van der Waals surface area contributed by atoms with Crippen molar-refractivity contribution in [1.82, 2.24) is 20.1 Å². The summed E-state index contributed by atoms with van der Waals surface area (Å²) in [5.74, 6) is 0.0623. The van der Waals surface area contributed by atoms with Crippen LogP contribution in [0, 0.1) is 0 Å². The van der Waals surface area contributed by atoms with E-state index in [0.717, 1.165) is 19.4 Å². The van der Waals surface area contributed by atoms with Crippen molar-refractivity contribution < 1.29 is 9.53 Å². The molecule has 1 atom stereocenters. The molecule has 16 heavy (non-hydrogen) atoms. The number of nitrogens with one attached hydrogen (secondary N) is 1. The lowest BCUT2D eigenvalue weighted by Crippen LogP contribution is -2.34. The highest BCUT2D eigenvalue weighted by atomic mass is 16.5. The van der Waals surface area contributed by atoms with Gasteiger partial charge >= 0.3 is 0 Å². The van der Waals surface area contributed by atoms with Crippen molar-refractivity contribution in [3.63, 3.8) is 0 Å². The highest BCUT2D eigenvalue weighted by molar-refractivity contribution is 5.75. The van der Waals surface area contributed by atoms with Crippen molar-refractivity contribution in [3.05, 3.63) is 6.33 Å². The van der Waals surface area contributed by atoms with Crippen LogP contribution in [-0.4, -0.2) is 39.9 Å². The van der Waals surface area contributed by atoms with Gasteiger partial charge in [0, 0.05) is 13.2 Å². The van der Waals surface area contributed by atoms with E-state index in [9.17, 15) is 4.79 Å². The number of anilines is 1. The minimum Gasteiger partial charge on any atom is -0.376 e. The molecule has 1 aliphatic heterocycles. The summed E-state index contributed by atoms with van der Waals surface area (Å²) in [5.41, 5.74) is 5.33. The summed E-state index contributed by atoms with van der Waals surface area (Å²) in [4.78, 5) is 15.2. The fraction of sp³-hybridized carbons (Fsp3) is 0.667. The molecule has 0 bridgehead atoms. The van der Waals surface area contributed by atoms with Gasteiger partial charge in [0.05, 0.1) is 6.10 Å². The average Bonchev–Trinajstić information content (AvgIpc) is 2.87. The van der Waals surface area contributed by atoms with Gasteiger partial charge in [-0.1, -0.05) is 0 Å². The smallest absolute Gasteiger partial charge is 0.241 e. The highest BCUT2D eigenvalue weighted by Crippen LogP contribution is 2.10. The highest BCUT2D eigenvalue weighted by Gasteiger charge is 2.16. The second kappa shape index (κ2) is 4.93. The standard InChI is InChI=1S/C9H15N5O2/c10-9-12-6-14(13-9)5-8(15)11-4-7-2-1-3-16-7/h6-7H,1-5H2,(H2,10,13)(H,11,15). The first-order valence-corrected chi connectivity index (χ1v) is 5.27. The minimum absolute atomic E-state index is 0.111. The van der Waals surface area contributed by atoms with Gasteiger partial charge in [-0.05, 0) is 12.8 Å². The zero-order valence-electron chi connectivity index (χ0n) is 8.93. The predicted octanol–water partition coefficient (Wildman–Crippen LogP) is -0.845. The number of amides is 1. The van der Waals surface area contributed by atoms with Crippen LogP contribution in [0.15, 0.2) is 6.33 Å². The van der Waals surface area contributed by atoms with Crippen molar-refractivity contribution in [2.24, 2.45) is 0 Å². The normalized spacial score (nSPS) is 19.9. The number of carbonyl (C=O) groups is 1. The zero-order valence-corrected chi connectivity index (χ0v) is 8.93. The van der Waals surface area contributed by atoms with Gasteiger partial charge in [0.15, 0.2) is 0 Å². The van der Waals surface area contributed by atoms with Gasteiger partial charge in [-0.25, -0.2) is 9.67 Å². The van der Waals surface area contributed by atoms with Crippen LogP contribution in [0.2, 0.25) is 0 Å². The van der Waals surface area contributed by atoms with Crippen molar-refractivity contribution >= 4 is 11.9 Å². The third-order valence-corrected chi connectivity index (χ3v) is 2.41. The third-order valence-electron chi connectivity index (χ3n) is 2.41. The first-order valence-electron chi connectivity index (χ1n) is 5.27. The van der Waals surface area contributed by atoms with Crippen molar-refractivity contribution in [3.8, 4) is 0 Å². The number of nitrogens with two attached hydrogens (primary N) is 1. The molecule has 1 unspecified atom stereocenters. The van der Waals surface area contributed by atoms with E-state index >= 15 is 0 Å². The largest absolute Gasteiger partial charge is 0.376 e. The molecule has 3 N–H and O–H groups in total.